The molecule has 0 radical (unpaired) electrons. The summed E-state index contributed by atoms with van der Waals surface area (Å²) >= 11 is 1.72. The first-order valence-corrected chi connectivity index (χ1v) is 17.2. The minimum Gasteiger partial charge on any atom is -0.396 e. The van der Waals surface area contributed by atoms with E-state index in [4.69, 9.17) is 0 Å². The molecule has 3 saturated heterocycles. The second-order valence-corrected chi connectivity index (χ2v) is 14.3. The summed E-state index contributed by atoms with van der Waals surface area (Å²) in [6.07, 6.45) is 8.21. The van der Waals surface area contributed by atoms with E-state index in [0.29, 0.717) is 26.2 Å². The van der Waals surface area contributed by atoms with Gasteiger partial charge in [0.15, 0.2) is 0 Å². The molecule has 1 spiro atoms. The molecule has 3 amide bonds. The largest absolute Gasteiger partial charge is 0.396 e. The molecule has 3 fully saturated rings. The van der Waals surface area contributed by atoms with Crippen molar-refractivity contribution in [2.24, 2.45) is 11.8 Å². The number of aliphatic hydroxyl groups excluding tert-OH is 1. The van der Waals surface area contributed by atoms with Crippen LogP contribution in [0.25, 0.3) is 0 Å². The number of fused-ring (bicyclic) bond motifs is 1. The minimum atomic E-state index is -0.665. The first kappa shape index (κ1) is 33.0. The molecule has 5 atom stereocenters. The summed E-state index contributed by atoms with van der Waals surface area (Å²) in [5.74, 6) is -1.21. The SMILES string of the molecule is C=CCN(Cc1ccccc1)C(=O)[C@@H]1[C@@H]2CCC3(S2)C(C(=O)N(CC=C)c2c(C)cccc2C)N(CCCCCCO)C(=O)[C@H]13. The highest BCUT2D eigenvalue weighted by Gasteiger charge is 2.74. The lowest BCUT2D eigenvalue weighted by atomic mass is 9.70. The number of aliphatic hydroxyl groups is 1. The standard InChI is InChI=1S/C37H47N3O4S/c1-5-21-38(25-28-17-10-9-11-18-28)34(42)30-29-19-20-37(45-29)31(30)35(43)40(23-12-7-8-13-24-41)33(37)36(44)39(22-6-2)32-26(3)15-14-16-27(32)4/h5-6,9-11,14-18,29-31,33,41H,1-2,7-8,12-13,19-25H2,3-4H3/t29-,30+,31-,33?,37?/m0/s1. The van der Waals surface area contributed by atoms with Crippen molar-refractivity contribution in [3.8, 4) is 0 Å². The first-order valence-electron chi connectivity index (χ1n) is 16.3. The van der Waals surface area contributed by atoms with Crippen LogP contribution in [0.15, 0.2) is 73.8 Å². The van der Waals surface area contributed by atoms with Gasteiger partial charge in [0.25, 0.3) is 5.91 Å². The van der Waals surface area contributed by atoms with Crippen LogP contribution in [0.3, 0.4) is 0 Å². The topological polar surface area (TPSA) is 81.2 Å². The Morgan fingerprint density at radius 2 is 1.67 bits per heavy atom. The predicted molar refractivity (Wildman–Crippen MR) is 182 cm³/mol. The zero-order chi connectivity index (χ0) is 32.1. The van der Waals surface area contributed by atoms with Gasteiger partial charge in [0.05, 0.1) is 16.6 Å². The van der Waals surface area contributed by atoms with Gasteiger partial charge < -0.3 is 19.8 Å². The first-order chi connectivity index (χ1) is 21.8. The Balaban J connectivity index is 1.52. The van der Waals surface area contributed by atoms with Gasteiger partial charge >= 0.3 is 0 Å². The third-order valence-electron chi connectivity index (χ3n) is 9.79. The fourth-order valence-corrected chi connectivity index (χ4v) is 10.1. The van der Waals surface area contributed by atoms with Crippen LogP contribution in [0.5, 0.6) is 0 Å². The van der Waals surface area contributed by atoms with E-state index < -0.39 is 22.6 Å². The van der Waals surface area contributed by atoms with Crippen LogP contribution in [0.1, 0.15) is 55.2 Å². The van der Waals surface area contributed by atoms with E-state index in [1.54, 1.807) is 23.9 Å². The highest BCUT2D eigenvalue weighted by atomic mass is 32.2. The number of hydrogen-bond donors (Lipinski definition) is 1. The van der Waals surface area contributed by atoms with Gasteiger partial charge in [-0.2, -0.15) is 0 Å². The van der Waals surface area contributed by atoms with E-state index in [-0.39, 0.29) is 29.6 Å². The van der Waals surface area contributed by atoms with Gasteiger partial charge in [-0.25, -0.2) is 0 Å². The zero-order valence-corrected chi connectivity index (χ0v) is 27.5. The fraction of sp³-hybridized carbons (Fsp3) is 0.486. The number of rotatable bonds is 15. The van der Waals surface area contributed by atoms with E-state index in [0.717, 1.165) is 60.9 Å². The molecule has 2 aromatic rings. The quantitative estimate of drug-likeness (QED) is 0.203. The third kappa shape index (κ3) is 6.24. The van der Waals surface area contributed by atoms with Gasteiger partial charge in [0, 0.05) is 43.7 Å². The molecule has 3 aliphatic heterocycles. The Labute approximate surface area is 272 Å². The summed E-state index contributed by atoms with van der Waals surface area (Å²) in [5.41, 5.74) is 3.89. The maximum atomic E-state index is 14.9. The molecule has 0 saturated carbocycles. The lowest BCUT2D eigenvalue weighted by molar-refractivity contribution is -0.144. The number of aryl methyl sites for hydroxylation is 2. The number of thioether (sulfide) groups is 1. The normalized spacial score (nSPS) is 24.9. The molecule has 3 aliphatic rings. The highest BCUT2D eigenvalue weighted by Crippen LogP contribution is 2.66. The van der Waals surface area contributed by atoms with Gasteiger partial charge in [-0.3, -0.25) is 14.4 Å². The van der Waals surface area contributed by atoms with Gasteiger partial charge in [0.2, 0.25) is 11.8 Å². The van der Waals surface area contributed by atoms with Crippen LogP contribution in [-0.4, -0.2) is 74.9 Å². The Kier molecular flexibility index (Phi) is 10.6. The highest BCUT2D eigenvalue weighted by molar-refractivity contribution is 8.02. The smallest absolute Gasteiger partial charge is 0.251 e. The average Bonchev–Trinajstić information content (AvgIpc) is 3.67. The molecule has 240 valence electrons. The average molecular weight is 630 g/mol. The van der Waals surface area contributed by atoms with Crippen LogP contribution in [0.2, 0.25) is 0 Å². The Morgan fingerprint density at radius 1 is 0.978 bits per heavy atom. The number of unbranched alkanes of at least 4 members (excludes halogenated alkanes) is 3. The maximum Gasteiger partial charge on any atom is 0.251 e. The van der Waals surface area contributed by atoms with Crippen LogP contribution in [0, 0.1) is 25.7 Å². The number of hydrogen-bond acceptors (Lipinski definition) is 5. The van der Waals surface area contributed by atoms with Gasteiger partial charge in [0.1, 0.15) is 6.04 Å². The molecule has 45 heavy (non-hydrogen) atoms. The number of carbonyl (C=O) groups excluding carboxylic acids is 3. The van der Waals surface area contributed by atoms with Gasteiger partial charge in [-0.05, 0) is 56.2 Å². The lowest BCUT2D eigenvalue weighted by Crippen LogP contribution is -2.55. The fourth-order valence-electron chi connectivity index (χ4n) is 7.90. The van der Waals surface area contributed by atoms with Crippen molar-refractivity contribution >= 4 is 35.2 Å². The number of likely N-dealkylation sites (tertiary alicyclic amines) is 1. The third-order valence-corrected chi connectivity index (χ3v) is 11.7. The second kappa shape index (κ2) is 14.4. The Bertz CT molecular complexity index is 1390. The second-order valence-electron chi connectivity index (χ2n) is 12.7. The molecule has 3 heterocycles. The molecular weight excluding hydrogens is 582 g/mol. The molecular formula is C37H47N3O4S. The van der Waals surface area contributed by atoms with Crippen LogP contribution < -0.4 is 4.90 Å². The molecule has 2 aromatic carbocycles. The minimum absolute atomic E-state index is 0.00963. The molecule has 7 nitrogen and oxygen atoms in total. The van der Waals surface area contributed by atoms with E-state index in [2.05, 4.69) is 13.2 Å². The van der Waals surface area contributed by atoms with Crippen molar-refractivity contribution in [3.63, 3.8) is 0 Å². The molecule has 2 bridgehead atoms. The summed E-state index contributed by atoms with van der Waals surface area (Å²) in [4.78, 5) is 49.4. The number of benzene rings is 2. The van der Waals surface area contributed by atoms with Crippen molar-refractivity contribution in [1.82, 2.24) is 9.80 Å². The van der Waals surface area contributed by atoms with Crippen molar-refractivity contribution < 1.29 is 19.5 Å². The Morgan fingerprint density at radius 3 is 2.33 bits per heavy atom. The van der Waals surface area contributed by atoms with Crippen LogP contribution in [-0.2, 0) is 20.9 Å². The summed E-state index contributed by atoms with van der Waals surface area (Å²) in [5, 5.41) is 9.26. The molecule has 2 unspecified atom stereocenters. The molecule has 5 rings (SSSR count). The summed E-state index contributed by atoms with van der Waals surface area (Å²) in [7, 11) is 0. The van der Waals surface area contributed by atoms with E-state index in [1.165, 1.54) is 0 Å². The number of anilines is 1. The van der Waals surface area contributed by atoms with E-state index in [9.17, 15) is 19.5 Å². The van der Waals surface area contributed by atoms with Gasteiger partial charge in [-0.15, -0.1) is 24.9 Å². The maximum absolute atomic E-state index is 14.9. The predicted octanol–water partition coefficient (Wildman–Crippen LogP) is 5.68. The van der Waals surface area contributed by atoms with Crippen molar-refractivity contribution in [2.75, 3.05) is 31.1 Å². The van der Waals surface area contributed by atoms with Crippen molar-refractivity contribution in [1.29, 1.82) is 0 Å². The molecule has 0 aromatic heterocycles. The number of carbonyl (C=O) groups is 3. The monoisotopic (exact) mass is 629 g/mol. The number of amides is 3. The number of nitrogens with zero attached hydrogens (tertiary/aromatic N) is 3. The summed E-state index contributed by atoms with van der Waals surface area (Å²) in [6.45, 7) is 13.7. The van der Waals surface area contributed by atoms with Crippen LogP contribution >= 0.6 is 11.8 Å². The molecule has 8 heteroatoms. The van der Waals surface area contributed by atoms with E-state index in [1.807, 2.05) is 77.1 Å². The molecule has 1 N–H and O–H groups in total. The zero-order valence-electron chi connectivity index (χ0n) is 26.7. The molecule has 0 aliphatic carbocycles. The summed E-state index contributed by atoms with van der Waals surface area (Å²) in [6, 6.07) is 15.3. The Hall–Kier alpha value is -3.36. The van der Waals surface area contributed by atoms with Crippen molar-refractivity contribution in [2.45, 2.75) is 75.0 Å². The summed E-state index contributed by atoms with van der Waals surface area (Å²) < 4.78 is -0.660. The van der Waals surface area contributed by atoms with Crippen LogP contribution in [0.4, 0.5) is 5.69 Å². The lowest BCUT2D eigenvalue weighted by Gasteiger charge is -2.38. The van der Waals surface area contributed by atoms with Gasteiger partial charge in [-0.1, -0.05) is 73.5 Å². The van der Waals surface area contributed by atoms with Crippen molar-refractivity contribution in [3.05, 3.63) is 90.5 Å². The van der Waals surface area contributed by atoms with E-state index >= 15 is 0 Å². The number of para-hydroxylation sites is 1.